The number of fused-ring (bicyclic) bond motifs is 3. The highest BCUT2D eigenvalue weighted by atomic mass is 32.1. The number of hydrogen-bond acceptors (Lipinski definition) is 9. The zero-order chi connectivity index (χ0) is 22.5. The van der Waals surface area contributed by atoms with Crippen molar-refractivity contribution in [1.82, 2.24) is 19.7 Å². The van der Waals surface area contributed by atoms with Crippen molar-refractivity contribution in [2.45, 2.75) is 51.3 Å². The lowest BCUT2D eigenvalue weighted by molar-refractivity contribution is 0.148. The summed E-state index contributed by atoms with van der Waals surface area (Å²) in [6.45, 7) is 3.96. The van der Waals surface area contributed by atoms with Crippen LogP contribution in [0.2, 0.25) is 0 Å². The van der Waals surface area contributed by atoms with Gasteiger partial charge in [0.2, 0.25) is 5.88 Å². The van der Waals surface area contributed by atoms with Crippen LogP contribution in [0.4, 0.5) is 16.6 Å². The monoisotopic (exact) mass is 465 g/mol. The van der Waals surface area contributed by atoms with Crippen molar-refractivity contribution in [1.29, 1.82) is 0 Å². The molecule has 2 aliphatic heterocycles. The van der Waals surface area contributed by atoms with E-state index in [9.17, 15) is 5.11 Å². The summed E-state index contributed by atoms with van der Waals surface area (Å²) in [5.41, 5.74) is 4.95. The molecule has 2 unspecified atom stereocenters. The molecule has 0 amide bonds. The van der Waals surface area contributed by atoms with Gasteiger partial charge in [-0.3, -0.25) is 9.89 Å². The van der Waals surface area contributed by atoms with Gasteiger partial charge in [-0.1, -0.05) is 0 Å². The van der Waals surface area contributed by atoms with Gasteiger partial charge in [0.15, 0.2) is 5.13 Å². The molecule has 33 heavy (non-hydrogen) atoms. The Morgan fingerprint density at radius 3 is 2.79 bits per heavy atom. The van der Waals surface area contributed by atoms with E-state index in [0.29, 0.717) is 19.0 Å². The van der Waals surface area contributed by atoms with Crippen molar-refractivity contribution in [2.24, 2.45) is 4.99 Å². The molecule has 0 bridgehead atoms. The van der Waals surface area contributed by atoms with E-state index in [-0.39, 0.29) is 6.04 Å². The van der Waals surface area contributed by atoms with Crippen molar-refractivity contribution < 1.29 is 9.84 Å². The quantitative estimate of drug-likeness (QED) is 0.633. The molecule has 0 aromatic carbocycles. The Morgan fingerprint density at radius 1 is 1.09 bits per heavy atom. The van der Waals surface area contributed by atoms with Crippen LogP contribution in [0.5, 0.6) is 5.88 Å². The number of anilines is 3. The molecule has 1 aliphatic carbocycles. The summed E-state index contributed by atoms with van der Waals surface area (Å²) in [5, 5.41) is 18.2. The lowest BCUT2D eigenvalue weighted by Gasteiger charge is -2.31. The molecule has 0 spiro atoms. The molecule has 9 nitrogen and oxygen atoms in total. The van der Waals surface area contributed by atoms with Gasteiger partial charge in [-0.05, 0) is 44.7 Å². The average Bonchev–Trinajstić information content (AvgIpc) is 3.56. The van der Waals surface area contributed by atoms with Crippen LogP contribution in [0.15, 0.2) is 22.5 Å². The fourth-order valence-corrected chi connectivity index (χ4v) is 5.76. The Hall–Kier alpha value is -2.98. The van der Waals surface area contributed by atoms with Gasteiger partial charge in [-0.2, -0.15) is 5.10 Å². The molecule has 0 fully saturated rings. The second kappa shape index (κ2) is 8.11. The summed E-state index contributed by atoms with van der Waals surface area (Å²) in [5.74, 6) is 1.65. The lowest BCUT2D eigenvalue weighted by atomic mass is 9.97. The molecule has 5 heterocycles. The molecule has 0 radical (unpaired) electrons. The summed E-state index contributed by atoms with van der Waals surface area (Å²) in [6, 6.07) is 4.25. The predicted octanol–water partition coefficient (Wildman–Crippen LogP) is 3.04. The number of aryl methyl sites for hydroxylation is 1. The minimum atomic E-state index is -0.478. The van der Waals surface area contributed by atoms with Crippen LogP contribution >= 0.6 is 11.3 Å². The molecule has 1 N–H and O–H groups in total. The number of rotatable bonds is 4. The van der Waals surface area contributed by atoms with Crippen LogP contribution < -0.4 is 14.5 Å². The molecule has 6 rings (SSSR count). The largest absolute Gasteiger partial charge is 0.479 e. The van der Waals surface area contributed by atoms with Gasteiger partial charge in [0.1, 0.15) is 17.2 Å². The SMILES string of the molecule is COc1nc(-c2csc(N3CC(O)Cn4nc5c(c43)CCCC5)n2)ccc1N1C=NC(C)C1. The fraction of sp³-hybridized carbons (Fsp3) is 0.478. The molecule has 10 heteroatoms. The van der Waals surface area contributed by atoms with Crippen LogP contribution in [-0.2, 0) is 19.4 Å². The minimum absolute atomic E-state index is 0.259. The summed E-state index contributed by atoms with van der Waals surface area (Å²) < 4.78 is 7.57. The zero-order valence-electron chi connectivity index (χ0n) is 18.8. The highest BCUT2D eigenvalue weighted by Crippen LogP contribution is 2.40. The van der Waals surface area contributed by atoms with Gasteiger partial charge in [0.25, 0.3) is 0 Å². The van der Waals surface area contributed by atoms with Gasteiger partial charge in [0, 0.05) is 17.5 Å². The maximum atomic E-state index is 10.5. The second-order valence-corrected chi connectivity index (χ2v) is 9.75. The first-order valence-electron chi connectivity index (χ1n) is 11.5. The first-order chi connectivity index (χ1) is 16.1. The second-order valence-electron chi connectivity index (χ2n) is 8.91. The van der Waals surface area contributed by atoms with Crippen LogP contribution in [0, 0.1) is 0 Å². The maximum absolute atomic E-state index is 10.5. The number of aliphatic imine (C=N–C) groups is 1. The van der Waals surface area contributed by atoms with Crippen LogP contribution in [0.3, 0.4) is 0 Å². The molecule has 0 saturated carbocycles. The fourth-order valence-electron chi connectivity index (χ4n) is 4.93. The first-order valence-corrected chi connectivity index (χ1v) is 12.3. The van der Waals surface area contributed by atoms with E-state index < -0.39 is 6.10 Å². The van der Waals surface area contributed by atoms with E-state index in [2.05, 4.69) is 21.7 Å². The molecular formula is C23H27N7O2S. The Balaban J connectivity index is 1.33. The highest BCUT2D eigenvalue weighted by Gasteiger charge is 2.33. The van der Waals surface area contributed by atoms with E-state index in [4.69, 9.17) is 19.8 Å². The van der Waals surface area contributed by atoms with E-state index >= 15 is 0 Å². The predicted molar refractivity (Wildman–Crippen MR) is 129 cm³/mol. The minimum Gasteiger partial charge on any atom is -0.479 e. The van der Waals surface area contributed by atoms with Crippen molar-refractivity contribution in [3.05, 3.63) is 28.8 Å². The van der Waals surface area contributed by atoms with E-state index in [1.807, 2.05) is 28.5 Å². The Kier molecular flexibility index (Phi) is 5.06. The number of nitrogens with zero attached hydrogens (tertiary/aromatic N) is 7. The summed E-state index contributed by atoms with van der Waals surface area (Å²) in [4.78, 5) is 18.3. The van der Waals surface area contributed by atoms with E-state index in [1.165, 1.54) is 24.1 Å². The van der Waals surface area contributed by atoms with Gasteiger partial charge in [-0.25, -0.2) is 14.6 Å². The molecular weight excluding hydrogens is 438 g/mol. The Bertz CT molecular complexity index is 1220. The van der Waals surface area contributed by atoms with Gasteiger partial charge in [-0.15, -0.1) is 11.3 Å². The van der Waals surface area contributed by atoms with Crippen LogP contribution in [-0.4, -0.2) is 63.5 Å². The van der Waals surface area contributed by atoms with Gasteiger partial charge in [0.05, 0.1) is 50.1 Å². The number of β-amino-alcohol motifs (C(OH)–C–C–N with tert-alkyl or cyclic N) is 1. The number of ether oxygens (including phenoxy) is 1. The maximum Gasteiger partial charge on any atom is 0.238 e. The van der Waals surface area contributed by atoms with Gasteiger partial charge < -0.3 is 14.7 Å². The van der Waals surface area contributed by atoms with Crippen LogP contribution in [0.1, 0.15) is 31.0 Å². The summed E-state index contributed by atoms with van der Waals surface area (Å²) in [6.07, 6.45) is 5.78. The molecule has 3 aromatic rings. The third-order valence-electron chi connectivity index (χ3n) is 6.48. The number of aliphatic hydroxyl groups excluding tert-OH is 1. The number of aliphatic hydroxyl groups is 1. The number of pyridine rings is 1. The van der Waals surface area contributed by atoms with E-state index in [0.717, 1.165) is 47.4 Å². The molecule has 2 atom stereocenters. The normalized spacial score (nSPS) is 21.9. The first kappa shape index (κ1) is 20.6. The number of methoxy groups -OCH3 is 1. The molecule has 0 saturated heterocycles. The van der Waals surface area contributed by atoms with Crippen LogP contribution in [0.25, 0.3) is 11.4 Å². The van der Waals surface area contributed by atoms with Crippen molar-refractivity contribution in [3.63, 3.8) is 0 Å². The van der Waals surface area contributed by atoms with Gasteiger partial charge >= 0.3 is 0 Å². The van der Waals surface area contributed by atoms with Crippen molar-refractivity contribution >= 4 is 34.3 Å². The average molecular weight is 466 g/mol. The third kappa shape index (κ3) is 3.57. The molecule has 3 aromatic heterocycles. The number of thiazole rings is 1. The Labute approximate surface area is 196 Å². The topological polar surface area (TPSA) is 91.9 Å². The van der Waals surface area contributed by atoms with Crippen molar-refractivity contribution in [2.75, 3.05) is 30.0 Å². The smallest absolute Gasteiger partial charge is 0.238 e. The standard InChI is InChI=1S/C23H27N7O2S/c1-14-9-28(13-24-14)20-8-7-18(25-21(20)32-2)19-12-33-23(26-19)29-10-15(31)11-30-22(29)16-5-3-4-6-17(16)27-30/h7-8,12-15,31H,3-6,9-11H2,1-2H3. The number of aromatic nitrogens is 4. The molecule has 3 aliphatic rings. The highest BCUT2D eigenvalue weighted by molar-refractivity contribution is 7.14. The zero-order valence-corrected chi connectivity index (χ0v) is 19.6. The Morgan fingerprint density at radius 2 is 1.97 bits per heavy atom. The molecule has 172 valence electrons. The summed E-state index contributed by atoms with van der Waals surface area (Å²) >= 11 is 1.56. The lowest BCUT2D eigenvalue weighted by Crippen LogP contribution is -2.39. The number of hydrogen-bond donors (Lipinski definition) is 1. The van der Waals surface area contributed by atoms with E-state index in [1.54, 1.807) is 18.4 Å². The third-order valence-corrected chi connectivity index (χ3v) is 7.34. The van der Waals surface area contributed by atoms with Crippen molar-refractivity contribution in [3.8, 4) is 17.3 Å². The summed E-state index contributed by atoms with van der Waals surface area (Å²) in [7, 11) is 1.64.